The third kappa shape index (κ3) is 2.65. The average molecular weight is 309 g/mol. The summed E-state index contributed by atoms with van der Waals surface area (Å²) >= 11 is 0. The van der Waals surface area contributed by atoms with Crippen LogP contribution in [0.5, 0.6) is 0 Å². The predicted molar refractivity (Wildman–Crippen MR) is 83.9 cm³/mol. The normalized spacial score (nSPS) is 18.3. The highest BCUT2D eigenvalue weighted by Gasteiger charge is 2.29. The lowest BCUT2D eigenvalue weighted by molar-refractivity contribution is 0.0979. The molecule has 2 aliphatic rings. The molecule has 2 aromatic carbocycles. The van der Waals surface area contributed by atoms with Crippen molar-refractivity contribution in [3.8, 4) is 0 Å². The number of benzene rings is 2. The van der Waals surface area contributed by atoms with Gasteiger partial charge in [-0.25, -0.2) is 0 Å². The molecule has 0 aromatic heterocycles. The molecule has 1 unspecified atom stereocenters. The third-order valence-electron chi connectivity index (χ3n) is 4.01. The number of hydrogen-bond acceptors (Lipinski definition) is 5. The van der Waals surface area contributed by atoms with Crippen molar-refractivity contribution < 1.29 is 19.1 Å². The van der Waals surface area contributed by atoms with Gasteiger partial charge in [0.1, 0.15) is 12.8 Å². The van der Waals surface area contributed by atoms with Crippen molar-refractivity contribution in [2.75, 3.05) is 25.3 Å². The van der Waals surface area contributed by atoms with E-state index in [9.17, 15) is 9.59 Å². The van der Waals surface area contributed by atoms with Crippen LogP contribution in [-0.4, -0.2) is 37.6 Å². The maximum Gasteiger partial charge on any atom is 0.194 e. The highest BCUT2D eigenvalue weighted by molar-refractivity contribution is 6.28. The van der Waals surface area contributed by atoms with Gasteiger partial charge in [-0.05, 0) is 18.2 Å². The summed E-state index contributed by atoms with van der Waals surface area (Å²) in [5.74, 6) is -0.227. The molecule has 1 heterocycles. The molecule has 1 aliphatic carbocycles. The lowest BCUT2D eigenvalue weighted by atomic mass is 9.84. The molecule has 116 valence electrons. The SMILES string of the molecule is O=C1c2ccccc2C(=O)c2cc(NCOCC3CO3)ccc21. The Balaban J connectivity index is 1.55. The van der Waals surface area contributed by atoms with E-state index < -0.39 is 0 Å². The standard InChI is InChI=1S/C18H15NO4/c20-17-13-3-1-2-4-14(13)18(21)16-7-11(5-6-15(16)17)19-10-22-8-12-9-23-12/h1-7,12,19H,8-10H2. The van der Waals surface area contributed by atoms with Crippen molar-refractivity contribution in [1.29, 1.82) is 0 Å². The summed E-state index contributed by atoms with van der Waals surface area (Å²) in [4.78, 5) is 25.1. The summed E-state index contributed by atoms with van der Waals surface area (Å²) in [6.45, 7) is 1.65. The van der Waals surface area contributed by atoms with Crippen LogP contribution in [0, 0.1) is 0 Å². The van der Waals surface area contributed by atoms with Crippen LogP contribution in [-0.2, 0) is 9.47 Å². The van der Waals surface area contributed by atoms with Gasteiger partial charge in [0.2, 0.25) is 0 Å². The van der Waals surface area contributed by atoms with Crippen molar-refractivity contribution in [1.82, 2.24) is 0 Å². The van der Waals surface area contributed by atoms with E-state index in [2.05, 4.69) is 5.32 Å². The predicted octanol–water partition coefficient (Wildman–Crippen LogP) is 2.25. The fourth-order valence-electron chi connectivity index (χ4n) is 2.70. The van der Waals surface area contributed by atoms with E-state index in [1.165, 1.54) is 0 Å². The Bertz CT molecular complexity index is 795. The second kappa shape index (κ2) is 5.61. The Hall–Kier alpha value is -2.50. The number of carbonyl (C=O) groups excluding carboxylic acids is 2. The van der Waals surface area contributed by atoms with E-state index in [-0.39, 0.29) is 17.7 Å². The van der Waals surface area contributed by atoms with Crippen LogP contribution in [0.4, 0.5) is 5.69 Å². The Labute approximate surface area is 133 Å². The van der Waals surface area contributed by atoms with Gasteiger partial charge in [-0.2, -0.15) is 0 Å². The zero-order valence-electron chi connectivity index (χ0n) is 12.4. The van der Waals surface area contributed by atoms with Crippen LogP contribution in [0.1, 0.15) is 31.8 Å². The lowest BCUT2D eigenvalue weighted by Gasteiger charge is -2.18. The highest BCUT2D eigenvalue weighted by atomic mass is 16.6. The van der Waals surface area contributed by atoms with Crippen molar-refractivity contribution in [3.63, 3.8) is 0 Å². The number of epoxide rings is 1. The Morgan fingerprint density at radius 3 is 2.35 bits per heavy atom. The maximum absolute atomic E-state index is 12.6. The molecular weight excluding hydrogens is 294 g/mol. The molecule has 23 heavy (non-hydrogen) atoms. The quantitative estimate of drug-likeness (QED) is 0.445. The Morgan fingerprint density at radius 2 is 1.65 bits per heavy atom. The number of carbonyl (C=O) groups is 2. The van der Waals surface area contributed by atoms with Crippen molar-refractivity contribution in [3.05, 3.63) is 64.7 Å². The van der Waals surface area contributed by atoms with E-state index in [4.69, 9.17) is 9.47 Å². The lowest BCUT2D eigenvalue weighted by Crippen LogP contribution is -2.21. The first-order valence-electron chi connectivity index (χ1n) is 7.50. The zero-order chi connectivity index (χ0) is 15.8. The first-order chi connectivity index (χ1) is 11.2. The molecule has 1 aliphatic heterocycles. The molecule has 1 N–H and O–H groups in total. The van der Waals surface area contributed by atoms with Crippen LogP contribution in [0.2, 0.25) is 0 Å². The number of anilines is 1. The molecule has 1 saturated heterocycles. The second-order valence-corrected chi connectivity index (χ2v) is 5.61. The maximum atomic E-state index is 12.6. The van der Waals surface area contributed by atoms with Crippen molar-refractivity contribution >= 4 is 17.3 Å². The molecule has 0 spiro atoms. The minimum absolute atomic E-state index is 0.108. The zero-order valence-corrected chi connectivity index (χ0v) is 12.4. The number of ketones is 2. The molecule has 0 radical (unpaired) electrons. The first kappa shape index (κ1) is 14.1. The topological polar surface area (TPSA) is 67.9 Å². The van der Waals surface area contributed by atoms with Gasteiger partial charge < -0.3 is 14.8 Å². The third-order valence-corrected chi connectivity index (χ3v) is 4.01. The van der Waals surface area contributed by atoms with Crippen LogP contribution in [0.25, 0.3) is 0 Å². The molecule has 4 rings (SSSR count). The Morgan fingerprint density at radius 1 is 1.00 bits per heavy atom. The number of nitrogens with one attached hydrogen (secondary N) is 1. The summed E-state index contributed by atoms with van der Waals surface area (Å²) in [7, 11) is 0. The van der Waals surface area contributed by atoms with Gasteiger partial charge in [-0.1, -0.05) is 24.3 Å². The van der Waals surface area contributed by atoms with Gasteiger partial charge in [0.25, 0.3) is 0 Å². The summed E-state index contributed by atoms with van der Waals surface area (Å²) in [5.41, 5.74) is 2.57. The van der Waals surface area contributed by atoms with E-state index in [0.29, 0.717) is 35.6 Å². The summed E-state index contributed by atoms with van der Waals surface area (Å²) in [5, 5.41) is 3.10. The molecule has 0 amide bonds. The van der Waals surface area contributed by atoms with Gasteiger partial charge in [-0.15, -0.1) is 0 Å². The molecule has 5 heteroatoms. The van der Waals surface area contributed by atoms with E-state index in [0.717, 1.165) is 12.3 Å². The van der Waals surface area contributed by atoms with E-state index >= 15 is 0 Å². The average Bonchev–Trinajstić information content (AvgIpc) is 3.41. The molecule has 5 nitrogen and oxygen atoms in total. The van der Waals surface area contributed by atoms with Crippen LogP contribution < -0.4 is 5.32 Å². The summed E-state index contributed by atoms with van der Waals surface area (Å²) in [6, 6.07) is 12.1. The fraction of sp³-hybridized carbons (Fsp3) is 0.222. The number of fused-ring (bicyclic) bond motifs is 2. The van der Waals surface area contributed by atoms with Gasteiger partial charge in [0, 0.05) is 27.9 Å². The molecule has 2 aromatic rings. The van der Waals surface area contributed by atoms with Crippen LogP contribution in [0.15, 0.2) is 42.5 Å². The number of hydrogen-bond donors (Lipinski definition) is 1. The van der Waals surface area contributed by atoms with Gasteiger partial charge in [0.15, 0.2) is 11.6 Å². The molecule has 0 bridgehead atoms. The fourth-order valence-corrected chi connectivity index (χ4v) is 2.70. The molecule has 1 fully saturated rings. The number of ether oxygens (including phenoxy) is 2. The summed E-state index contributed by atoms with van der Waals surface area (Å²) in [6.07, 6.45) is 0.219. The second-order valence-electron chi connectivity index (χ2n) is 5.61. The minimum Gasteiger partial charge on any atom is -0.371 e. The van der Waals surface area contributed by atoms with Crippen molar-refractivity contribution in [2.24, 2.45) is 0 Å². The smallest absolute Gasteiger partial charge is 0.194 e. The molecule has 1 atom stereocenters. The Kier molecular flexibility index (Phi) is 3.44. The highest BCUT2D eigenvalue weighted by Crippen LogP contribution is 2.29. The van der Waals surface area contributed by atoms with E-state index in [1.807, 2.05) is 0 Å². The van der Waals surface area contributed by atoms with Gasteiger partial charge >= 0.3 is 0 Å². The molecule has 0 saturated carbocycles. The van der Waals surface area contributed by atoms with E-state index in [1.54, 1.807) is 42.5 Å². The number of rotatable bonds is 5. The first-order valence-corrected chi connectivity index (χ1v) is 7.50. The summed E-state index contributed by atoms with van der Waals surface area (Å²) < 4.78 is 10.5. The van der Waals surface area contributed by atoms with Crippen LogP contribution >= 0.6 is 0 Å². The van der Waals surface area contributed by atoms with Crippen LogP contribution in [0.3, 0.4) is 0 Å². The monoisotopic (exact) mass is 309 g/mol. The minimum atomic E-state index is -0.119. The van der Waals surface area contributed by atoms with Gasteiger partial charge in [-0.3, -0.25) is 9.59 Å². The van der Waals surface area contributed by atoms with Crippen molar-refractivity contribution in [2.45, 2.75) is 6.10 Å². The largest absolute Gasteiger partial charge is 0.371 e. The molecular formula is C18H15NO4. The van der Waals surface area contributed by atoms with Gasteiger partial charge in [0.05, 0.1) is 13.2 Å².